The van der Waals surface area contributed by atoms with Crippen LogP contribution < -0.4 is 10.6 Å². The molecule has 0 radical (unpaired) electrons. The largest absolute Gasteiger partial charge is 0.391 e. The van der Waals surface area contributed by atoms with Crippen molar-refractivity contribution >= 4 is 34.2 Å². The molecule has 1 aromatic carbocycles. The second kappa shape index (κ2) is 8.36. The minimum atomic E-state index is -0.389. The standard InChI is InChI=1S/C18H22BrN3O2.ClH/c1-11-6-16(18(24)21-9-13-8-20-10-17(13)23)12(2)22(11)15-5-3-4-14(19)7-15;/h3-7,13,17,20,23H,8-10H2,1-2H3,(H,21,24);1H. The maximum Gasteiger partial charge on any atom is 0.253 e. The summed E-state index contributed by atoms with van der Waals surface area (Å²) in [6, 6.07) is 9.92. The second-order valence-electron chi connectivity index (χ2n) is 6.30. The third-order valence-electron chi connectivity index (χ3n) is 4.57. The zero-order valence-electron chi connectivity index (χ0n) is 14.3. The lowest BCUT2D eigenvalue weighted by molar-refractivity contribution is 0.0926. The van der Waals surface area contributed by atoms with E-state index in [9.17, 15) is 9.90 Å². The summed E-state index contributed by atoms with van der Waals surface area (Å²) < 4.78 is 3.08. The maximum atomic E-state index is 12.6. The number of rotatable bonds is 4. The van der Waals surface area contributed by atoms with Gasteiger partial charge in [-0.05, 0) is 38.1 Å². The van der Waals surface area contributed by atoms with Crippen LogP contribution in [0.4, 0.5) is 0 Å². The van der Waals surface area contributed by atoms with E-state index in [0.717, 1.165) is 28.1 Å². The fourth-order valence-electron chi connectivity index (χ4n) is 3.25. The Morgan fingerprint density at radius 3 is 2.76 bits per heavy atom. The number of nitrogens with zero attached hydrogens (tertiary/aromatic N) is 1. The van der Waals surface area contributed by atoms with E-state index in [1.165, 1.54) is 0 Å². The van der Waals surface area contributed by atoms with Gasteiger partial charge in [-0.3, -0.25) is 4.79 Å². The van der Waals surface area contributed by atoms with E-state index in [1.807, 2.05) is 44.2 Å². The number of carbonyl (C=O) groups is 1. The molecule has 5 nitrogen and oxygen atoms in total. The quantitative estimate of drug-likeness (QED) is 0.701. The van der Waals surface area contributed by atoms with Gasteiger partial charge in [0.2, 0.25) is 0 Å². The number of hydrogen-bond acceptors (Lipinski definition) is 3. The lowest BCUT2D eigenvalue weighted by atomic mass is 10.1. The Labute approximate surface area is 162 Å². The molecule has 0 bridgehead atoms. The van der Waals surface area contributed by atoms with Crippen molar-refractivity contribution in [3.8, 4) is 5.69 Å². The van der Waals surface area contributed by atoms with E-state index in [4.69, 9.17) is 0 Å². The van der Waals surface area contributed by atoms with E-state index >= 15 is 0 Å². The number of benzene rings is 1. The molecule has 2 heterocycles. The van der Waals surface area contributed by atoms with Gasteiger partial charge in [-0.15, -0.1) is 12.4 Å². The molecule has 2 aromatic rings. The van der Waals surface area contributed by atoms with Crippen LogP contribution in [0.5, 0.6) is 0 Å². The molecule has 1 aromatic heterocycles. The lowest BCUT2D eigenvalue weighted by Gasteiger charge is -2.14. The van der Waals surface area contributed by atoms with E-state index in [2.05, 4.69) is 31.1 Å². The Morgan fingerprint density at radius 2 is 2.12 bits per heavy atom. The number of β-amino-alcohol motifs (C(OH)–C–C–N with tert-alkyl or cyclic N) is 1. The van der Waals surface area contributed by atoms with Gasteiger partial charge in [0, 0.05) is 47.1 Å². The first-order valence-electron chi connectivity index (χ1n) is 8.09. The fourth-order valence-corrected chi connectivity index (χ4v) is 3.64. The van der Waals surface area contributed by atoms with Crippen LogP contribution in [0.2, 0.25) is 0 Å². The molecular formula is C18H23BrClN3O2. The number of carbonyl (C=O) groups excluding carboxylic acids is 1. The molecule has 25 heavy (non-hydrogen) atoms. The van der Waals surface area contributed by atoms with Crippen LogP contribution in [0.1, 0.15) is 21.7 Å². The molecule has 3 rings (SSSR count). The third-order valence-corrected chi connectivity index (χ3v) is 5.06. The summed E-state index contributed by atoms with van der Waals surface area (Å²) in [7, 11) is 0. The average molecular weight is 429 g/mol. The van der Waals surface area contributed by atoms with Gasteiger partial charge in [0.1, 0.15) is 0 Å². The first kappa shape index (κ1) is 20.0. The summed E-state index contributed by atoms with van der Waals surface area (Å²) in [5.41, 5.74) is 3.62. The molecule has 1 fully saturated rings. The van der Waals surface area contributed by atoms with Crippen molar-refractivity contribution in [1.82, 2.24) is 15.2 Å². The summed E-state index contributed by atoms with van der Waals surface area (Å²) in [6.07, 6.45) is -0.389. The molecule has 136 valence electrons. The van der Waals surface area contributed by atoms with Crippen molar-refractivity contribution < 1.29 is 9.90 Å². The van der Waals surface area contributed by atoms with Crippen molar-refractivity contribution in [3.05, 3.63) is 51.8 Å². The molecule has 3 N–H and O–H groups in total. The zero-order chi connectivity index (χ0) is 17.3. The Morgan fingerprint density at radius 1 is 1.36 bits per heavy atom. The normalized spacial score (nSPS) is 19.5. The minimum absolute atomic E-state index is 0. The van der Waals surface area contributed by atoms with Crippen LogP contribution in [0.15, 0.2) is 34.8 Å². The average Bonchev–Trinajstić information content (AvgIpc) is 3.08. The molecule has 7 heteroatoms. The van der Waals surface area contributed by atoms with Crippen LogP contribution in [0.3, 0.4) is 0 Å². The van der Waals surface area contributed by atoms with Crippen molar-refractivity contribution in [3.63, 3.8) is 0 Å². The van der Waals surface area contributed by atoms with Gasteiger partial charge in [-0.25, -0.2) is 0 Å². The lowest BCUT2D eigenvalue weighted by Crippen LogP contribution is -2.34. The molecule has 0 spiro atoms. The Balaban J connectivity index is 0.00000225. The summed E-state index contributed by atoms with van der Waals surface area (Å²) in [5.74, 6) is -0.0223. The molecular weight excluding hydrogens is 406 g/mol. The number of aliphatic hydroxyl groups excluding tert-OH is 1. The van der Waals surface area contributed by atoms with E-state index in [1.54, 1.807) is 0 Å². The first-order chi connectivity index (χ1) is 11.5. The van der Waals surface area contributed by atoms with Crippen LogP contribution in [-0.4, -0.2) is 41.3 Å². The summed E-state index contributed by atoms with van der Waals surface area (Å²) in [6.45, 7) is 5.76. The number of aliphatic hydroxyl groups is 1. The monoisotopic (exact) mass is 427 g/mol. The Bertz CT molecular complexity index is 763. The zero-order valence-corrected chi connectivity index (χ0v) is 16.7. The van der Waals surface area contributed by atoms with Gasteiger partial charge in [-0.1, -0.05) is 22.0 Å². The number of aryl methyl sites for hydroxylation is 1. The fraction of sp³-hybridized carbons (Fsp3) is 0.389. The number of nitrogens with one attached hydrogen (secondary N) is 2. The van der Waals surface area contributed by atoms with Gasteiger partial charge in [0.05, 0.1) is 11.7 Å². The van der Waals surface area contributed by atoms with Crippen molar-refractivity contribution in [2.45, 2.75) is 20.0 Å². The summed E-state index contributed by atoms with van der Waals surface area (Å²) in [5, 5.41) is 15.9. The van der Waals surface area contributed by atoms with Gasteiger partial charge in [0.15, 0.2) is 0 Å². The summed E-state index contributed by atoms with van der Waals surface area (Å²) in [4.78, 5) is 12.6. The van der Waals surface area contributed by atoms with E-state index in [-0.39, 0.29) is 30.3 Å². The predicted molar refractivity (Wildman–Crippen MR) is 105 cm³/mol. The van der Waals surface area contributed by atoms with Crippen LogP contribution in [0.25, 0.3) is 5.69 Å². The first-order valence-corrected chi connectivity index (χ1v) is 8.88. The van der Waals surface area contributed by atoms with Crippen LogP contribution in [-0.2, 0) is 0 Å². The molecule has 2 atom stereocenters. The van der Waals surface area contributed by atoms with E-state index in [0.29, 0.717) is 18.7 Å². The third kappa shape index (κ3) is 4.26. The van der Waals surface area contributed by atoms with Gasteiger partial charge in [-0.2, -0.15) is 0 Å². The number of amides is 1. The molecule has 1 aliphatic rings. The van der Waals surface area contributed by atoms with Crippen molar-refractivity contribution in [2.75, 3.05) is 19.6 Å². The van der Waals surface area contributed by atoms with Crippen molar-refractivity contribution in [2.24, 2.45) is 5.92 Å². The highest BCUT2D eigenvalue weighted by Crippen LogP contribution is 2.23. The molecule has 0 saturated carbocycles. The van der Waals surface area contributed by atoms with Gasteiger partial charge in [0.25, 0.3) is 5.91 Å². The highest BCUT2D eigenvalue weighted by molar-refractivity contribution is 9.10. The maximum absolute atomic E-state index is 12.6. The second-order valence-corrected chi connectivity index (χ2v) is 7.21. The summed E-state index contributed by atoms with van der Waals surface area (Å²) >= 11 is 3.49. The Kier molecular flexibility index (Phi) is 6.68. The highest BCUT2D eigenvalue weighted by Gasteiger charge is 2.26. The minimum Gasteiger partial charge on any atom is -0.391 e. The number of hydrogen-bond donors (Lipinski definition) is 3. The Hall–Kier alpha value is -1.34. The molecule has 1 saturated heterocycles. The SMILES string of the molecule is Cc1cc(C(=O)NCC2CNCC2O)c(C)n1-c1cccc(Br)c1.Cl. The smallest absolute Gasteiger partial charge is 0.253 e. The molecule has 1 amide bonds. The van der Waals surface area contributed by atoms with Gasteiger partial charge >= 0.3 is 0 Å². The predicted octanol–water partition coefficient (Wildman–Crippen LogP) is 2.59. The number of halogens is 2. The van der Waals surface area contributed by atoms with Crippen LogP contribution in [0, 0.1) is 19.8 Å². The highest BCUT2D eigenvalue weighted by atomic mass is 79.9. The number of aromatic nitrogens is 1. The topological polar surface area (TPSA) is 66.3 Å². The van der Waals surface area contributed by atoms with Crippen molar-refractivity contribution in [1.29, 1.82) is 0 Å². The molecule has 0 aliphatic carbocycles. The van der Waals surface area contributed by atoms with E-state index < -0.39 is 0 Å². The van der Waals surface area contributed by atoms with Crippen LogP contribution >= 0.6 is 28.3 Å². The van der Waals surface area contributed by atoms with Gasteiger partial charge < -0.3 is 20.3 Å². The molecule has 2 unspecified atom stereocenters. The molecule has 1 aliphatic heterocycles.